The molecular weight excluding hydrogens is 565 g/mol. The van der Waals surface area contributed by atoms with Crippen molar-refractivity contribution < 1.29 is 13.3 Å². The Morgan fingerprint density at radius 2 is 1.36 bits per heavy atom. The molecule has 6 heteroatoms. The maximum atomic E-state index is 7.66. The molecule has 0 heterocycles. The molecule has 0 aromatic heterocycles. The van der Waals surface area contributed by atoms with Crippen molar-refractivity contribution in [1.29, 1.82) is 0 Å². The normalized spacial score (nSPS) is 41.8. The number of fused-ring (bicyclic) bond motifs is 5. The minimum absolute atomic E-state index is 0.155. The highest BCUT2D eigenvalue weighted by Gasteiger charge is 2.70. The average molecular weight is 637 g/mol. The largest absolute Gasteiger partial charge is 0.415 e. The Morgan fingerprint density at radius 3 is 1.93 bits per heavy atom. The van der Waals surface area contributed by atoms with Crippen molar-refractivity contribution in [2.45, 2.75) is 182 Å². The van der Waals surface area contributed by atoms with Gasteiger partial charge in [0, 0.05) is 17.9 Å². The van der Waals surface area contributed by atoms with Crippen molar-refractivity contribution >= 4 is 25.0 Å². The first kappa shape index (κ1) is 35.4. The lowest BCUT2D eigenvalue weighted by atomic mass is 9.42. The molecule has 0 bridgehead atoms. The monoisotopic (exact) mass is 636 g/mol. The van der Waals surface area contributed by atoms with E-state index in [1.165, 1.54) is 64.2 Å². The lowest BCUT2D eigenvalue weighted by Crippen LogP contribution is -2.73. The highest BCUT2D eigenvalue weighted by molar-refractivity contribution is 6.70. The summed E-state index contributed by atoms with van der Waals surface area (Å²) in [5.74, 6) is 4.94. The third kappa shape index (κ3) is 7.24. The van der Waals surface area contributed by atoms with Gasteiger partial charge in [-0.25, -0.2) is 0 Å². The first-order valence-corrected chi connectivity index (χ1v) is 28.4. The van der Waals surface area contributed by atoms with Crippen LogP contribution in [0.3, 0.4) is 0 Å². The molecule has 0 aliphatic heterocycles. The van der Waals surface area contributed by atoms with Crippen molar-refractivity contribution in [1.82, 2.24) is 0 Å². The van der Waals surface area contributed by atoms with Crippen molar-refractivity contribution in [2.75, 3.05) is 0 Å². The topological polar surface area (TPSA) is 27.7 Å². The Hall–Kier alpha value is 0.531. The molecule has 0 amide bonds. The minimum Gasteiger partial charge on any atom is -0.415 e. The van der Waals surface area contributed by atoms with Gasteiger partial charge in [-0.1, -0.05) is 53.9 Å². The summed E-state index contributed by atoms with van der Waals surface area (Å²) >= 11 is 0. The van der Waals surface area contributed by atoms with Crippen LogP contribution in [0.25, 0.3) is 0 Å². The summed E-state index contributed by atoms with van der Waals surface area (Å²) < 4.78 is 22.0. The van der Waals surface area contributed by atoms with Crippen LogP contribution in [-0.4, -0.2) is 42.8 Å². The zero-order valence-corrected chi connectivity index (χ0v) is 33.6. The second-order valence-electron chi connectivity index (χ2n) is 19.5. The van der Waals surface area contributed by atoms with Gasteiger partial charge < -0.3 is 13.3 Å². The fraction of sp³-hybridized carbons (Fsp3) is 1.00. The first-order chi connectivity index (χ1) is 19.1. The molecule has 10 atom stereocenters. The highest BCUT2D eigenvalue weighted by atomic mass is 28.4. The van der Waals surface area contributed by atoms with E-state index in [1.807, 2.05) is 0 Å². The van der Waals surface area contributed by atoms with Gasteiger partial charge >= 0.3 is 0 Å². The first-order valence-electron chi connectivity index (χ1n) is 18.2. The summed E-state index contributed by atoms with van der Waals surface area (Å²) in [5.41, 5.74) is 0.426. The second-order valence-corrected chi connectivity index (χ2v) is 32.8. The molecule has 246 valence electrons. The van der Waals surface area contributed by atoms with Gasteiger partial charge in [-0.15, -0.1) is 0 Å². The predicted molar refractivity (Wildman–Crippen MR) is 189 cm³/mol. The fourth-order valence-corrected chi connectivity index (χ4v) is 15.0. The third-order valence-electron chi connectivity index (χ3n) is 12.5. The van der Waals surface area contributed by atoms with Gasteiger partial charge in [0.1, 0.15) is 0 Å². The summed E-state index contributed by atoms with van der Waals surface area (Å²) in [6.45, 7) is 34.4. The molecule has 4 saturated carbocycles. The molecule has 3 nitrogen and oxygen atoms in total. The van der Waals surface area contributed by atoms with Crippen LogP contribution < -0.4 is 0 Å². The van der Waals surface area contributed by atoms with Gasteiger partial charge in [0.25, 0.3) is 0 Å². The molecule has 42 heavy (non-hydrogen) atoms. The van der Waals surface area contributed by atoms with E-state index in [0.717, 1.165) is 41.9 Å². The Morgan fingerprint density at radius 1 is 0.714 bits per heavy atom. The van der Waals surface area contributed by atoms with Gasteiger partial charge in [-0.3, -0.25) is 0 Å². The van der Waals surface area contributed by atoms with E-state index in [0.29, 0.717) is 11.5 Å². The van der Waals surface area contributed by atoms with Crippen LogP contribution in [0, 0.1) is 46.3 Å². The Labute approximate surface area is 265 Å². The Balaban J connectivity index is 1.71. The number of hydrogen-bond acceptors (Lipinski definition) is 3. The van der Waals surface area contributed by atoms with Gasteiger partial charge in [0.15, 0.2) is 25.0 Å². The summed E-state index contributed by atoms with van der Waals surface area (Å²) in [6.07, 6.45) is 15.1. The van der Waals surface area contributed by atoms with Gasteiger partial charge in [-0.2, -0.15) is 0 Å². The van der Waals surface area contributed by atoms with Crippen LogP contribution in [0.5, 0.6) is 0 Å². The number of rotatable bonds is 11. The van der Waals surface area contributed by atoms with Crippen LogP contribution in [0.2, 0.25) is 58.9 Å². The standard InChI is InChI=1S/C36H72O3Si3/c1-26(2)16-15-17-27(3)30-18-19-31-29-24-33(38-41(9,10)11)36(39-42(12,13)14)25-28(37-40(6,7)8)20-23-35(36,5)32(29)21-22-34(30,31)4/h26-33H,15-25H2,1-14H3/t27-,28+,29+,30-,31+,32+,33-,34-,35-,36+/m1/s1. The minimum atomic E-state index is -1.87. The van der Waals surface area contributed by atoms with Crippen LogP contribution in [0.15, 0.2) is 0 Å². The lowest BCUT2D eigenvalue weighted by Gasteiger charge is -2.69. The molecule has 0 aromatic rings. The smallest absolute Gasteiger partial charge is 0.184 e. The molecule has 0 saturated heterocycles. The zero-order valence-electron chi connectivity index (χ0n) is 30.6. The molecule has 0 N–H and O–H groups in total. The van der Waals surface area contributed by atoms with Crippen LogP contribution in [0.1, 0.15) is 105 Å². The average Bonchev–Trinajstić information content (AvgIpc) is 3.15. The SMILES string of the molecule is CC(C)CCC[C@@H](C)[C@H]1CC[C@H]2[C@@H]3C[C@@H](O[Si](C)(C)C)[C@@]4(O[Si](C)(C)C)C[C@@H](O[Si](C)(C)C)CC[C@]4(C)[C@H]3CC[C@]12C. The fourth-order valence-electron chi connectivity index (χ4n) is 11.2. The Kier molecular flexibility index (Phi) is 10.3. The Bertz CT molecular complexity index is 919. The quantitative estimate of drug-likeness (QED) is 0.211. The molecule has 4 fully saturated rings. The molecule has 4 rings (SSSR count). The molecular formula is C36H72O3Si3. The maximum Gasteiger partial charge on any atom is 0.184 e. The predicted octanol–water partition coefficient (Wildman–Crippen LogP) is 11.1. The van der Waals surface area contributed by atoms with E-state index in [2.05, 4.69) is 93.5 Å². The highest BCUT2D eigenvalue weighted by Crippen LogP contribution is 2.70. The summed E-state index contributed by atoms with van der Waals surface area (Å²) in [7, 11) is -5.33. The summed E-state index contributed by atoms with van der Waals surface area (Å²) in [5, 5.41) is 0. The van der Waals surface area contributed by atoms with Crippen LogP contribution in [-0.2, 0) is 13.3 Å². The van der Waals surface area contributed by atoms with Crippen molar-refractivity contribution in [2.24, 2.45) is 46.3 Å². The second kappa shape index (κ2) is 12.3. The van der Waals surface area contributed by atoms with Crippen molar-refractivity contribution in [3.05, 3.63) is 0 Å². The van der Waals surface area contributed by atoms with E-state index in [9.17, 15) is 0 Å². The molecule has 0 aromatic carbocycles. The van der Waals surface area contributed by atoms with E-state index < -0.39 is 25.0 Å². The summed E-state index contributed by atoms with van der Waals surface area (Å²) in [4.78, 5) is 0. The number of hydrogen-bond donors (Lipinski definition) is 0. The van der Waals surface area contributed by atoms with Gasteiger partial charge in [0.2, 0.25) is 0 Å². The molecule has 0 spiro atoms. The van der Waals surface area contributed by atoms with Gasteiger partial charge in [-0.05, 0) is 145 Å². The van der Waals surface area contributed by atoms with E-state index in [1.54, 1.807) is 0 Å². The van der Waals surface area contributed by atoms with E-state index in [4.69, 9.17) is 13.3 Å². The molecule has 0 radical (unpaired) electrons. The van der Waals surface area contributed by atoms with E-state index in [-0.39, 0.29) is 17.1 Å². The van der Waals surface area contributed by atoms with Crippen LogP contribution in [0.4, 0.5) is 0 Å². The lowest BCUT2D eigenvalue weighted by molar-refractivity contribution is -0.251. The molecule has 0 unspecified atom stereocenters. The zero-order chi connectivity index (χ0) is 31.5. The molecule has 4 aliphatic carbocycles. The van der Waals surface area contributed by atoms with Crippen molar-refractivity contribution in [3.8, 4) is 0 Å². The van der Waals surface area contributed by atoms with E-state index >= 15 is 0 Å². The van der Waals surface area contributed by atoms with Gasteiger partial charge in [0.05, 0.1) is 11.7 Å². The maximum absolute atomic E-state index is 7.66. The third-order valence-corrected chi connectivity index (χ3v) is 15.5. The summed E-state index contributed by atoms with van der Waals surface area (Å²) in [6, 6.07) is 0. The van der Waals surface area contributed by atoms with Crippen molar-refractivity contribution in [3.63, 3.8) is 0 Å². The molecule has 4 aliphatic rings. The van der Waals surface area contributed by atoms with Crippen LogP contribution >= 0.6 is 0 Å².